The average molecular weight is 537 g/mol. The van der Waals surface area contributed by atoms with E-state index in [1.54, 1.807) is 0 Å². The fourth-order valence-electron chi connectivity index (χ4n) is 3.97. The first-order chi connectivity index (χ1) is 17.4. The number of rotatable bonds is 6. The van der Waals surface area contributed by atoms with E-state index >= 15 is 0 Å². The van der Waals surface area contributed by atoms with Gasteiger partial charge in [-0.15, -0.1) is 0 Å². The van der Waals surface area contributed by atoms with Crippen molar-refractivity contribution < 1.29 is 37.0 Å². The molecule has 0 saturated heterocycles. The summed E-state index contributed by atoms with van der Waals surface area (Å²) in [7, 11) is 2.58. The van der Waals surface area contributed by atoms with Gasteiger partial charge in [0.05, 0.1) is 18.2 Å². The van der Waals surface area contributed by atoms with Gasteiger partial charge >= 0.3 is 17.9 Å². The van der Waals surface area contributed by atoms with E-state index in [2.05, 4.69) is 9.72 Å². The summed E-state index contributed by atoms with van der Waals surface area (Å²) in [5.41, 5.74) is -3.45. The number of ether oxygens (including phenoxy) is 2. The molecule has 2 aromatic carbocycles. The van der Waals surface area contributed by atoms with Crippen molar-refractivity contribution in [1.29, 1.82) is 0 Å². The summed E-state index contributed by atoms with van der Waals surface area (Å²) in [4.78, 5) is 27.3. The lowest BCUT2D eigenvalue weighted by Gasteiger charge is -2.37. The minimum Gasteiger partial charge on any atom is -0.465 e. The zero-order valence-corrected chi connectivity index (χ0v) is 20.4. The lowest BCUT2D eigenvalue weighted by atomic mass is 9.77. The van der Waals surface area contributed by atoms with Gasteiger partial charge in [0.1, 0.15) is 5.75 Å². The Kier molecular flexibility index (Phi) is 6.78. The number of oxazole rings is 1. The number of hydrogen-bond acceptors (Lipinski definition) is 7. The van der Waals surface area contributed by atoms with Crippen molar-refractivity contribution in [3.8, 4) is 11.6 Å². The van der Waals surface area contributed by atoms with E-state index in [1.165, 1.54) is 63.7 Å². The predicted molar refractivity (Wildman–Crippen MR) is 127 cm³/mol. The Morgan fingerprint density at radius 2 is 1.89 bits per heavy atom. The third-order valence-corrected chi connectivity index (χ3v) is 6.44. The number of hydrogen-bond donors (Lipinski definition) is 1. The lowest BCUT2D eigenvalue weighted by Crippen LogP contribution is -2.46. The molecular formula is C25H20ClF3N2O6. The van der Waals surface area contributed by atoms with Gasteiger partial charge in [-0.2, -0.15) is 13.2 Å². The number of esters is 1. The molecule has 2 atom stereocenters. The third-order valence-electron chi connectivity index (χ3n) is 6.11. The van der Waals surface area contributed by atoms with Gasteiger partial charge in [-0.3, -0.25) is 4.57 Å². The molecule has 1 N–H and O–H groups in total. The number of carbonyl (C=O) groups excluding carboxylic acids is 1. The summed E-state index contributed by atoms with van der Waals surface area (Å²) >= 11 is 6.34. The summed E-state index contributed by atoms with van der Waals surface area (Å²) in [5, 5.41) is 11.1. The van der Waals surface area contributed by atoms with Crippen LogP contribution in [0.3, 0.4) is 0 Å². The molecule has 37 heavy (non-hydrogen) atoms. The van der Waals surface area contributed by atoms with Crippen LogP contribution >= 0.6 is 11.6 Å². The highest BCUT2D eigenvalue weighted by atomic mass is 35.5. The smallest absolute Gasteiger partial charge is 0.422 e. The first-order valence-electron chi connectivity index (χ1n) is 10.8. The molecule has 0 aliphatic carbocycles. The van der Waals surface area contributed by atoms with Crippen LogP contribution in [0.5, 0.6) is 11.6 Å². The van der Waals surface area contributed by atoms with Gasteiger partial charge in [0.2, 0.25) is 5.88 Å². The van der Waals surface area contributed by atoms with E-state index in [9.17, 15) is 27.9 Å². The molecule has 4 aromatic rings. The standard InChI is InChI=1S/C25H20ClF3N2O6/c1-13(24(34,25(27,28)29)15-5-8-20-19(10-15)31(2)23(33)37-20)17-7-6-16(11-18(17)26)36-21-9-4-14(12-30-21)22(32)35-3/h4-13,34H,1-3H3/t13-,24-/m1/s1. The number of pyridine rings is 1. The number of aryl methyl sites for hydroxylation is 1. The number of carbonyl (C=O) groups is 1. The molecule has 0 aliphatic heterocycles. The van der Waals surface area contributed by atoms with Crippen molar-refractivity contribution in [2.24, 2.45) is 7.05 Å². The number of fused-ring (bicyclic) bond motifs is 1. The highest BCUT2D eigenvalue weighted by Gasteiger charge is 2.59. The second-order valence-corrected chi connectivity index (χ2v) is 8.66. The van der Waals surface area contributed by atoms with E-state index in [1.807, 2.05) is 0 Å². The van der Waals surface area contributed by atoms with Crippen LogP contribution in [-0.2, 0) is 17.4 Å². The summed E-state index contributed by atoms with van der Waals surface area (Å²) in [6.07, 6.45) is -3.86. The topological polar surface area (TPSA) is 104 Å². The normalized spacial score (nSPS) is 14.3. The fourth-order valence-corrected chi connectivity index (χ4v) is 4.30. The summed E-state index contributed by atoms with van der Waals surface area (Å²) in [6, 6.07) is 10.2. The molecule has 2 heterocycles. The van der Waals surface area contributed by atoms with Crippen molar-refractivity contribution in [2.75, 3.05) is 7.11 Å². The molecule has 0 bridgehead atoms. The third kappa shape index (κ3) is 4.67. The molecule has 0 amide bonds. The van der Waals surface area contributed by atoms with Crippen LogP contribution in [0.2, 0.25) is 5.02 Å². The molecule has 0 spiro atoms. The van der Waals surface area contributed by atoms with Gasteiger partial charge in [0.25, 0.3) is 0 Å². The summed E-state index contributed by atoms with van der Waals surface area (Å²) in [5.74, 6) is -2.61. The first-order valence-corrected chi connectivity index (χ1v) is 11.2. The number of alkyl halides is 3. The summed E-state index contributed by atoms with van der Waals surface area (Å²) in [6.45, 7) is 1.20. The quantitative estimate of drug-likeness (QED) is 0.333. The van der Waals surface area contributed by atoms with E-state index < -0.39 is 35.0 Å². The number of nitrogens with zero attached hydrogens (tertiary/aromatic N) is 2. The minimum absolute atomic E-state index is 0.00372. The Labute approximate surface area is 212 Å². The van der Waals surface area contributed by atoms with Crippen LogP contribution in [0.15, 0.2) is 63.9 Å². The van der Waals surface area contributed by atoms with Gasteiger partial charge in [-0.1, -0.05) is 30.7 Å². The van der Waals surface area contributed by atoms with Crippen LogP contribution in [0.4, 0.5) is 13.2 Å². The Morgan fingerprint density at radius 3 is 2.49 bits per heavy atom. The largest absolute Gasteiger partial charge is 0.465 e. The van der Waals surface area contributed by atoms with Crippen LogP contribution in [-0.4, -0.2) is 33.9 Å². The van der Waals surface area contributed by atoms with Crippen molar-refractivity contribution in [3.05, 3.63) is 87.0 Å². The molecule has 12 heteroatoms. The molecule has 4 rings (SSSR count). The molecule has 0 unspecified atom stereocenters. The fraction of sp³-hybridized carbons (Fsp3) is 0.240. The van der Waals surface area contributed by atoms with Gasteiger partial charge < -0.3 is 19.0 Å². The second kappa shape index (κ2) is 9.56. The predicted octanol–water partition coefficient (Wildman–Crippen LogP) is 5.31. The minimum atomic E-state index is -5.10. The number of benzene rings is 2. The molecule has 194 valence electrons. The molecule has 0 radical (unpaired) electrons. The number of aromatic nitrogens is 2. The first kappa shape index (κ1) is 26.2. The van der Waals surface area contributed by atoms with Crippen LogP contribution < -0.4 is 10.5 Å². The molecule has 0 fully saturated rings. The van der Waals surface area contributed by atoms with Crippen LogP contribution in [0, 0.1) is 0 Å². The SMILES string of the molecule is COC(=O)c1ccc(Oc2ccc([C@@H](C)[C@@](O)(c3ccc4oc(=O)n(C)c4c3)C(F)(F)F)c(Cl)c2)nc1. The van der Waals surface area contributed by atoms with Crippen molar-refractivity contribution >= 4 is 28.7 Å². The number of methoxy groups -OCH3 is 1. The van der Waals surface area contributed by atoms with Gasteiger partial charge in [0, 0.05) is 30.3 Å². The van der Waals surface area contributed by atoms with E-state index in [-0.39, 0.29) is 38.9 Å². The van der Waals surface area contributed by atoms with E-state index in [0.717, 1.165) is 16.7 Å². The maximum absolute atomic E-state index is 14.4. The molecular weight excluding hydrogens is 517 g/mol. The van der Waals surface area contributed by atoms with Crippen molar-refractivity contribution in [3.63, 3.8) is 0 Å². The van der Waals surface area contributed by atoms with Gasteiger partial charge in [-0.25, -0.2) is 14.6 Å². The zero-order chi connectivity index (χ0) is 27.1. The lowest BCUT2D eigenvalue weighted by molar-refractivity contribution is -0.274. The molecule has 0 aliphatic rings. The van der Waals surface area contributed by atoms with Gasteiger partial charge in [-0.05, 0) is 41.5 Å². The van der Waals surface area contributed by atoms with E-state index in [4.69, 9.17) is 20.8 Å². The molecule has 8 nitrogen and oxygen atoms in total. The Bertz CT molecular complexity index is 1530. The monoisotopic (exact) mass is 536 g/mol. The Balaban J connectivity index is 1.68. The summed E-state index contributed by atoms with van der Waals surface area (Å²) < 4.78 is 59.4. The second-order valence-electron chi connectivity index (χ2n) is 8.26. The average Bonchev–Trinajstić information content (AvgIpc) is 3.15. The maximum Gasteiger partial charge on any atom is 0.422 e. The Hall–Kier alpha value is -3.83. The highest BCUT2D eigenvalue weighted by molar-refractivity contribution is 6.31. The maximum atomic E-state index is 14.4. The number of halogens is 4. The Morgan fingerprint density at radius 1 is 1.16 bits per heavy atom. The highest BCUT2D eigenvalue weighted by Crippen LogP contribution is 2.50. The van der Waals surface area contributed by atoms with Crippen LogP contribution in [0.25, 0.3) is 11.1 Å². The van der Waals surface area contributed by atoms with E-state index in [0.29, 0.717) is 0 Å². The van der Waals surface area contributed by atoms with Gasteiger partial charge in [0.15, 0.2) is 11.2 Å². The van der Waals surface area contributed by atoms with Crippen molar-refractivity contribution in [2.45, 2.75) is 24.6 Å². The van der Waals surface area contributed by atoms with Crippen molar-refractivity contribution in [1.82, 2.24) is 9.55 Å². The molecule has 0 saturated carbocycles. The zero-order valence-electron chi connectivity index (χ0n) is 19.7. The number of aliphatic hydroxyl groups is 1. The van der Waals surface area contributed by atoms with Crippen LogP contribution in [0.1, 0.15) is 34.3 Å². The molecule has 2 aromatic heterocycles.